The maximum atomic E-state index is 12.4. The van der Waals surface area contributed by atoms with Crippen LogP contribution in [0.4, 0.5) is 0 Å². The number of aromatic nitrogens is 1. The van der Waals surface area contributed by atoms with Crippen molar-refractivity contribution in [3.63, 3.8) is 0 Å². The van der Waals surface area contributed by atoms with Crippen LogP contribution in [0.2, 0.25) is 0 Å². The van der Waals surface area contributed by atoms with E-state index in [9.17, 15) is 4.79 Å². The van der Waals surface area contributed by atoms with E-state index < -0.39 is 0 Å². The fourth-order valence-electron chi connectivity index (χ4n) is 2.08. The van der Waals surface area contributed by atoms with Crippen molar-refractivity contribution in [2.24, 2.45) is 0 Å². The molecule has 0 fully saturated rings. The predicted octanol–water partition coefficient (Wildman–Crippen LogP) is 2.92. The Balaban J connectivity index is 2.07. The minimum Gasteiger partial charge on any atom is -0.361 e. The highest BCUT2D eigenvalue weighted by Crippen LogP contribution is 2.28. The highest BCUT2D eigenvalue weighted by Gasteiger charge is 2.14. The van der Waals surface area contributed by atoms with Crippen LogP contribution in [0.15, 0.2) is 33.7 Å². The number of amides is 1. The van der Waals surface area contributed by atoms with E-state index in [2.05, 4.69) is 15.8 Å². The van der Waals surface area contributed by atoms with Gasteiger partial charge in [-0.05, 0) is 40.0 Å². The quantitative estimate of drug-likeness (QED) is 0.763. The number of benzene rings is 1. The molecule has 0 saturated heterocycles. The summed E-state index contributed by atoms with van der Waals surface area (Å²) in [5.41, 5.74) is 2.70. The fourth-order valence-corrected chi connectivity index (χ4v) is 3.28. The van der Waals surface area contributed by atoms with Gasteiger partial charge in [-0.15, -0.1) is 11.8 Å². The largest absolute Gasteiger partial charge is 0.361 e. The van der Waals surface area contributed by atoms with E-state index in [1.807, 2.05) is 52.1 Å². The monoisotopic (exact) mass is 333 g/mol. The Kier molecular flexibility index (Phi) is 6.24. The van der Waals surface area contributed by atoms with Crippen LogP contribution in [-0.4, -0.2) is 30.7 Å². The van der Waals surface area contributed by atoms with Gasteiger partial charge >= 0.3 is 0 Å². The molecule has 2 rings (SSSR count). The topological polar surface area (TPSA) is 67.2 Å². The molecular weight excluding hydrogens is 310 g/mol. The first kappa shape index (κ1) is 17.6. The van der Waals surface area contributed by atoms with Crippen LogP contribution in [0.1, 0.15) is 34.3 Å². The van der Waals surface area contributed by atoms with Crippen molar-refractivity contribution in [2.45, 2.75) is 37.5 Å². The molecule has 1 heterocycles. The number of carbonyl (C=O) groups is 1. The van der Waals surface area contributed by atoms with Crippen molar-refractivity contribution in [1.82, 2.24) is 15.8 Å². The molecule has 0 bridgehead atoms. The Hall–Kier alpha value is -1.79. The van der Waals surface area contributed by atoms with Crippen LogP contribution in [0.25, 0.3) is 0 Å². The molecule has 0 aliphatic carbocycles. The maximum absolute atomic E-state index is 12.4. The van der Waals surface area contributed by atoms with Crippen LogP contribution in [0.5, 0.6) is 0 Å². The molecule has 1 amide bonds. The lowest BCUT2D eigenvalue weighted by Crippen LogP contribution is -2.37. The summed E-state index contributed by atoms with van der Waals surface area (Å²) in [6, 6.07) is 7.90. The molecule has 6 heteroatoms. The Morgan fingerprint density at radius 3 is 2.74 bits per heavy atom. The van der Waals surface area contributed by atoms with Crippen molar-refractivity contribution < 1.29 is 9.32 Å². The first-order chi connectivity index (χ1) is 11.0. The number of rotatable bonds is 7. The van der Waals surface area contributed by atoms with Gasteiger partial charge in [0.1, 0.15) is 5.76 Å². The molecule has 0 spiro atoms. The fraction of sp³-hybridized carbons (Fsp3) is 0.412. The second kappa shape index (κ2) is 8.17. The number of hydrogen-bond donors (Lipinski definition) is 2. The molecule has 0 radical (unpaired) electrons. The number of aryl methyl sites for hydroxylation is 2. The smallest absolute Gasteiger partial charge is 0.252 e. The van der Waals surface area contributed by atoms with Crippen LogP contribution >= 0.6 is 11.8 Å². The predicted molar refractivity (Wildman–Crippen MR) is 92.8 cm³/mol. The summed E-state index contributed by atoms with van der Waals surface area (Å²) in [7, 11) is 1.88. The van der Waals surface area contributed by atoms with Gasteiger partial charge in [0.2, 0.25) is 0 Å². The zero-order chi connectivity index (χ0) is 16.8. The van der Waals surface area contributed by atoms with Gasteiger partial charge in [0.25, 0.3) is 5.91 Å². The van der Waals surface area contributed by atoms with Gasteiger partial charge in [-0.25, -0.2) is 0 Å². The standard InChI is InChI=1S/C17H23N3O2S/c1-11(18-4)9-19-17(21)14-7-5-6-8-16(14)23-10-15-12(2)20-22-13(15)3/h5-8,11,18H,9-10H2,1-4H3,(H,19,21). The van der Waals surface area contributed by atoms with Gasteiger partial charge in [0.05, 0.1) is 11.3 Å². The summed E-state index contributed by atoms with van der Waals surface area (Å²) in [6.45, 7) is 6.47. The average molecular weight is 333 g/mol. The van der Waals surface area contributed by atoms with E-state index >= 15 is 0 Å². The third kappa shape index (κ3) is 4.59. The summed E-state index contributed by atoms with van der Waals surface area (Å²) >= 11 is 1.62. The van der Waals surface area contributed by atoms with Crippen LogP contribution < -0.4 is 10.6 Å². The van der Waals surface area contributed by atoms with Crippen molar-refractivity contribution >= 4 is 17.7 Å². The average Bonchev–Trinajstić information content (AvgIpc) is 2.89. The first-order valence-corrected chi connectivity index (χ1v) is 8.60. The molecule has 1 atom stereocenters. The highest BCUT2D eigenvalue weighted by molar-refractivity contribution is 7.98. The van der Waals surface area contributed by atoms with Crippen LogP contribution in [0, 0.1) is 13.8 Å². The summed E-state index contributed by atoms with van der Waals surface area (Å²) in [4.78, 5) is 13.4. The number of nitrogens with zero attached hydrogens (tertiary/aromatic N) is 1. The summed E-state index contributed by atoms with van der Waals surface area (Å²) in [5, 5.41) is 10.0. The molecular formula is C17H23N3O2S. The molecule has 5 nitrogen and oxygen atoms in total. The number of hydrogen-bond acceptors (Lipinski definition) is 5. The van der Waals surface area contributed by atoms with Crippen molar-refractivity contribution in [3.8, 4) is 0 Å². The van der Waals surface area contributed by atoms with E-state index in [1.54, 1.807) is 11.8 Å². The molecule has 1 aromatic heterocycles. The van der Waals surface area contributed by atoms with Crippen molar-refractivity contribution in [3.05, 3.63) is 46.8 Å². The van der Waals surface area contributed by atoms with E-state index in [4.69, 9.17) is 4.52 Å². The van der Waals surface area contributed by atoms with Crippen LogP contribution in [-0.2, 0) is 5.75 Å². The Morgan fingerprint density at radius 2 is 2.09 bits per heavy atom. The van der Waals surface area contributed by atoms with E-state index in [0.717, 1.165) is 27.7 Å². The molecule has 0 aliphatic rings. The molecule has 124 valence electrons. The summed E-state index contributed by atoms with van der Waals surface area (Å²) in [6.07, 6.45) is 0. The third-order valence-electron chi connectivity index (χ3n) is 3.75. The summed E-state index contributed by atoms with van der Waals surface area (Å²) in [5.74, 6) is 1.52. The van der Waals surface area contributed by atoms with Gasteiger partial charge in [-0.3, -0.25) is 4.79 Å². The van der Waals surface area contributed by atoms with Gasteiger partial charge in [0.15, 0.2) is 0 Å². The Morgan fingerprint density at radius 1 is 1.35 bits per heavy atom. The van der Waals surface area contributed by atoms with Gasteiger partial charge in [-0.1, -0.05) is 17.3 Å². The Labute approximate surface area is 141 Å². The number of nitrogens with one attached hydrogen (secondary N) is 2. The third-order valence-corrected chi connectivity index (χ3v) is 4.85. The second-order valence-electron chi connectivity index (χ2n) is 5.49. The van der Waals surface area contributed by atoms with Crippen LogP contribution in [0.3, 0.4) is 0 Å². The SMILES string of the molecule is CNC(C)CNC(=O)c1ccccc1SCc1c(C)noc1C. The lowest BCUT2D eigenvalue weighted by molar-refractivity contribution is 0.0947. The molecule has 2 aromatic rings. The normalized spacial score (nSPS) is 12.2. The van der Waals surface area contributed by atoms with Gasteiger partial charge in [-0.2, -0.15) is 0 Å². The molecule has 2 N–H and O–H groups in total. The van der Waals surface area contributed by atoms with Gasteiger partial charge in [0, 0.05) is 28.8 Å². The second-order valence-corrected chi connectivity index (χ2v) is 6.50. The lowest BCUT2D eigenvalue weighted by Gasteiger charge is -2.13. The molecule has 1 unspecified atom stereocenters. The molecule has 23 heavy (non-hydrogen) atoms. The van der Waals surface area contributed by atoms with Crippen molar-refractivity contribution in [2.75, 3.05) is 13.6 Å². The molecule has 0 aliphatic heterocycles. The number of carbonyl (C=O) groups excluding carboxylic acids is 1. The summed E-state index contributed by atoms with van der Waals surface area (Å²) < 4.78 is 5.19. The van der Waals surface area contributed by atoms with E-state index in [-0.39, 0.29) is 11.9 Å². The van der Waals surface area contributed by atoms with Gasteiger partial charge < -0.3 is 15.2 Å². The maximum Gasteiger partial charge on any atom is 0.252 e. The number of likely N-dealkylation sites (N-methyl/N-ethyl adjacent to an activating group) is 1. The molecule has 0 saturated carbocycles. The number of thioether (sulfide) groups is 1. The first-order valence-electron chi connectivity index (χ1n) is 7.62. The van der Waals surface area contributed by atoms with E-state index in [0.29, 0.717) is 12.1 Å². The minimum absolute atomic E-state index is 0.0473. The zero-order valence-corrected chi connectivity index (χ0v) is 14.8. The van der Waals surface area contributed by atoms with Crippen molar-refractivity contribution in [1.29, 1.82) is 0 Å². The Bertz CT molecular complexity index is 650. The lowest BCUT2D eigenvalue weighted by atomic mass is 10.2. The van der Waals surface area contributed by atoms with E-state index in [1.165, 1.54) is 0 Å². The zero-order valence-electron chi connectivity index (χ0n) is 14.0. The minimum atomic E-state index is -0.0473. The highest BCUT2D eigenvalue weighted by atomic mass is 32.2. The molecule has 1 aromatic carbocycles.